The number of benzene rings is 1. The minimum Gasteiger partial charge on any atom is -0.399 e. The van der Waals surface area contributed by atoms with E-state index in [1.165, 1.54) is 12.8 Å². The quantitative estimate of drug-likeness (QED) is 0.796. The summed E-state index contributed by atoms with van der Waals surface area (Å²) < 4.78 is 0. The summed E-state index contributed by atoms with van der Waals surface area (Å²) in [4.78, 5) is 11.7. The molecule has 0 radical (unpaired) electrons. The average molecular weight is 241 g/mol. The van der Waals surface area contributed by atoms with Crippen LogP contribution in [0.15, 0.2) is 24.3 Å². The molecule has 0 aromatic heterocycles. The highest BCUT2D eigenvalue weighted by Gasteiger charge is 2.37. The van der Waals surface area contributed by atoms with Crippen LogP contribution >= 0.6 is 12.4 Å². The van der Waals surface area contributed by atoms with Crippen LogP contribution in [0.2, 0.25) is 0 Å². The van der Waals surface area contributed by atoms with Crippen LogP contribution in [0.4, 0.5) is 5.69 Å². The van der Waals surface area contributed by atoms with Gasteiger partial charge in [0, 0.05) is 17.8 Å². The Balaban J connectivity index is 0.00000128. The van der Waals surface area contributed by atoms with Crippen molar-refractivity contribution in [3.05, 3.63) is 29.8 Å². The molecule has 2 rings (SSSR count). The van der Waals surface area contributed by atoms with Gasteiger partial charge in [-0.3, -0.25) is 4.79 Å². The summed E-state index contributed by atoms with van der Waals surface area (Å²) in [5.74, 6) is -0.0110. The second kappa shape index (κ2) is 4.74. The third-order valence-corrected chi connectivity index (χ3v) is 2.95. The first-order valence-corrected chi connectivity index (χ1v) is 5.23. The summed E-state index contributed by atoms with van der Waals surface area (Å²) in [6.45, 7) is 2.96. The predicted molar refractivity (Wildman–Crippen MR) is 67.8 cm³/mol. The number of halogens is 1. The molecule has 0 unspecified atom stereocenters. The summed E-state index contributed by atoms with van der Waals surface area (Å²) in [6, 6.07) is 6.99. The lowest BCUT2D eigenvalue weighted by atomic mass is 10.1. The molecule has 1 aromatic carbocycles. The van der Waals surface area contributed by atoms with Crippen molar-refractivity contribution in [2.24, 2.45) is 5.41 Å². The summed E-state index contributed by atoms with van der Waals surface area (Å²) >= 11 is 0. The molecule has 1 fully saturated rings. The molecule has 1 saturated carbocycles. The highest BCUT2D eigenvalue weighted by atomic mass is 35.5. The van der Waals surface area contributed by atoms with Crippen molar-refractivity contribution in [1.29, 1.82) is 0 Å². The van der Waals surface area contributed by atoms with Crippen molar-refractivity contribution in [1.82, 2.24) is 5.32 Å². The topological polar surface area (TPSA) is 55.1 Å². The number of amides is 1. The molecule has 1 aliphatic carbocycles. The highest BCUT2D eigenvalue weighted by Crippen LogP contribution is 2.44. The molecule has 0 heterocycles. The Hall–Kier alpha value is -1.22. The van der Waals surface area contributed by atoms with Crippen molar-refractivity contribution in [2.75, 3.05) is 12.3 Å². The van der Waals surface area contributed by atoms with Crippen LogP contribution < -0.4 is 11.1 Å². The summed E-state index contributed by atoms with van der Waals surface area (Å²) in [6.07, 6.45) is 2.43. The van der Waals surface area contributed by atoms with Crippen LogP contribution in [0.3, 0.4) is 0 Å². The van der Waals surface area contributed by atoms with E-state index < -0.39 is 0 Å². The first-order valence-electron chi connectivity index (χ1n) is 5.23. The first kappa shape index (κ1) is 12.8. The second-order valence-corrected chi connectivity index (χ2v) is 4.62. The molecule has 1 aromatic rings. The molecule has 4 heteroatoms. The second-order valence-electron chi connectivity index (χ2n) is 4.62. The maximum absolute atomic E-state index is 11.7. The molecule has 3 nitrogen and oxygen atoms in total. The molecular formula is C12H17ClN2O. The minimum absolute atomic E-state index is 0. The van der Waals surface area contributed by atoms with E-state index in [1.54, 1.807) is 24.3 Å². The first-order chi connectivity index (χ1) is 7.09. The number of anilines is 1. The summed E-state index contributed by atoms with van der Waals surface area (Å²) in [5, 5.41) is 2.94. The minimum atomic E-state index is -0.0110. The van der Waals surface area contributed by atoms with Gasteiger partial charge < -0.3 is 11.1 Å². The molecule has 0 atom stereocenters. The monoisotopic (exact) mass is 240 g/mol. The predicted octanol–water partition coefficient (Wildman–Crippen LogP) is 2.22. The smallest absolute Gasteiger partial charge is 0.251 e. The number of hydrogen-bond donors (Lipinski definition) is 2. The standard InChI is InChI=1S/C12H16N2O.ClH/c1-12(6-7-12)8-14-11(15)9-2-4-10(13)5-3-9;/h2-5H,6-8,13H2,1H3,(H,14,15);1H. The van der Waals surface area contributed by atoms with E-state index in [-0.39, 0.29) is 18.3 Å². The third-order valence-electron chi connectivity index (χ3n) is 2.95. The molecular weight excluding hydrogens is 224 g/mol. The van der Waals surface area contributed by atoms with Gasteiger partial charge in [-0.25, -0.2) is 0 Å². The fourth-order valence-electron chi connectivity index (χ4n) is 1.42. The van der Waals surface area contributed by atoms with Gasteiger partial charge in [0.05, 0.1) is 0 Å². The fourth-order valence-corrected chi connectivity index (χ4v) is 1.42. The molecule has 0 bridgehead atoms. The zero-order valence-electron chi connectivity index (χ0n) is 9.32. The summed E-state index contributed by atoms with van der Waals surface area (Å²) in [5.41, 5.74) is 7.25. The molecule has 88 valence electrons. The van der Waals surface area contributed by atoms with Crippen LogP contribution in [0.1, 0.15) is 30.1 Å². The van der Waals surface area contributed by atoms with E-state index in [0.717, 1.165) is 6.54 Å². The fraction of sp³-hybridized carbons (Fsp3) is 0.417. The molecule has 1 aliphatic rings. The highest BCUT2D eigenvalue weighted by molar-refractivity contribution is 5.94. The van der Waals surface area contributed by atoms with Gasteiger partial charge in [-0.2, -0.15) is 0 Å². The van der Waals surface area contributed by atoms with E-state index in [1.807, 2.05) is 0 Å². The van der Waals surface area contributed by atoms with Crippen LogP contribution in [0.25, 0.3) is 0 Å². The Morgan fingerprint density at radius 1 is 1.38 bits per heavy atom. The van der Waals surface area contributed by atoms with E-state index in [2.05, 4.69) is 12.2 Å². The SMILES string of the molecule is CC1(CNC(=O)c2ccc(N)cc2)CC1.Cl. The number of nitrogens with two attached hydrogens (primary N) is 1. The summed E-state index contributed by atoms with van der Waals surface area (Å²) in [7, 11) is 0. The average Bonchev–Trinajstić information content (AvgIpc) is 2.95. The molecule has 1 amide bonds. The van der Waals surface area contributed by atoms with E-state index >= 15 is 0 Å². The zero-order valence-corrected chi connectivity index (χ0v) is 10.1. The zero-order chi connectivity index (χ0) is 10.9. The Morgan fingerprint density at radius 2 is 1.94 bits per heavy atom. The van der Waals surface area contributed by atoms with Crippen molar-refractivity contribution < 1.29 is 4.79 Å². The number of hydrogen-bond acceptors (Lipinski definition) is 2. The van der Waals surface area contributed by atoms with Gasteiger partial charge in [-0.15, -0.1) is 12.4 Å². The number of rotatable bonds is 3. The van der Waals surface area contributed by atoms with Crippen LogP contribution in [0.5, 0.6) is 0 Å². The van der Waals surface area contributed by atoms with Gasteiger partial charge in [0.15, 0.2) is 0 Å². The van der Waals surface area contributed by atoms with Gasteiger partial charge in [0.25, 0.3) is 5.91 Å². The molecule has 0 aliphatic heterocycles. The number of carbonyl (C=O) groups excluding carboxylic acids is 1. The third kappa shape index (κ3) is 3.14. The van der Waals surface area contributed by atoms with Crippen molar-refractivity contribution >= 4 is 24.0 Å². The Bertz CT molecular complexity index is 371. The van der Waals surface area contributed by atoms with Gasteiger partial charge in [-0.05, 0) is 42.5 Å². The lowest BCUT2D eigenvalue weighted by Crippen LogP contribution is -2.28. The molecule has 16 heavy (non-hydrogen) atoms. The normalized spacial score (nSPS) is 16.1. The van der Waals surface area contributed by atoms with E-state index in [9.17, 15) is 4.79 Å². The van der Waals surface area contributed by atoms with Crippen LogP contribution in [-0.4, -0.2) is 12.5 Å². The largest absolute Gasteiger partial charge is 0.399 e. The van der Waals surface area contributed by atoms with Gasteiger partial charge in [0.1, 0.15) is 0 Å². The number of nitrogen functional groups attached to an aromatic ring is 1. The lowest BCUT2D eigenvalue weighted by Gasteiger charge is -2.09. The van der Waals surface area contributed by atoms with Crippen molar-refractivity contribution in [3.63, 3.8) is 0 Å². The maximum atomic E-state index is 11.7. The Labute approximate surface area is 102 Å². The van der Waals surface area contributed by atoms with E-state index in [0.29, 0.717) is 16.7 Å². The molecule has 0 saturated heterocycles. The number of carbonyl (C=O) groups is 1. The van der Waals surface area contributed by atoms with Gasteiger partial charge >= 0.3 is 0 Å². The van der Waals surface area contributed by atoms with Crippen molar-refractivity contribution in [2.45, 2.75) is 19.8 Å². The Morgan fingerprint density at radius 3 is 2.44 bits per heavy atom. The molecule has 3 N–H and O–H groups in total. The van der Waals surface area contributed by atoms with Gasteiger partial charge in [0.2, 0.25) is 0 Å². The van der Waals surface area contributed by atoms with Crippen LogP contribution in [-0.2, 0) is 0 Å². The lowest BCUT2D eigenvalue weighted by molar-refractivity contribution is 0.0946. The maximum Gasteiger partial charge on any atom is 0.251 e. The van der Waals surface area contributed by atoms with Gasteiger partial charge in [-0.1, -0.05) is 6.92 Å². The Kier molecular flexibility index (Phi) is 3.81. The molecule has 0 spiro atoms. The number of nitrogens with one attached hydrogen (secondary N) is 1. The van der Waals surface area contributed by atoms with E-state index in [4.69, 9.17) is 5.73 Å². The van der Waals surface area contributed by atoms with Crippen LogP contribution in [0, 0.1) is 5.41 Å². The van der Waals surface area contributed by atoms with Crippen molar-refractivity contribution in [3.8, 4) is 0 Å².